The second kappa shape index (κ2) is 9.23. The minimum absolute atomic E-state index is 0.00176. The molecule has 0 amide bonds. The average Bonchev–Trinajstić information content (AvgIpc) is 2.68. The van der Waals surface area contributed by atoms with Gasteiger partial charge in [-0.1, -0.05) is 38.5 Å². The van der Waals surface area contributed by atoms with E-state index in [1.54, 1.807) is 0 Å². The summed E-state index contributed by atoms with van der Waals surface area (Å²) in [6.07, 6.45) is 4.42. The maximum Gasteiger partial charge on any atom is 0.308 e. The number of rotatable bonds is 7. The van der Waals surface area contributed by atoms with Crippen LogP contribution in [0.4, 0.5) is 0 Å². The zero-order valence-corrected chi connectivity index (χ0v) is 19.5. The standard InChI is InChI=1S/C24H34O5S/c1-5-12-30(26,27)29-21-16-24(8-10-28-11-9-24)15-20(25)23(21)22-18(6-2)13-17(4)14-19(22)7-3/h13-14H,5-12,15-16H2,1-4H3. The molecule has 5 nitrogen and oxygen atoms in total. The molecule has 1 aromatic rings. The Labute approximate surface area is 181 Å². The lowest BCUT2D eigenvalue weighted by Gasteiger charge is -2.41. The molecule has 1 fully saturated rings. The Hall–Kier alpha value is -1.66. The summed E-state index contributed by atoms with van der Waals surface area (Å²) in [4.78, 5) is 13.6. The van der Waals surface area contributed by atoms with Crippen molar-refractivity contribution in [1.82, 2.24) is 0 Å². The predicted molar refractivity (Wildman–Crippen MR) is 119 cm³/mol. The number of ether oxygens (including phenoxy) is 1. The molecule has 1 saturated heterocycles. The SMILES string of the molecule is CCCS(=O)(=O)OC1=C(c2c(CC)cc(C)cc2CC)C(=O)CC2(CCOCC2)C1. The Morgan fingerprint density at radius 1 is 1.03 bits per heavy atom. The second-order valence-corrected chi connectivity index (χ2v) is 10.4. The van der Waals surface area contributed by atoms with Crippen LogP contribution in [0.1, 0.15) is 75.1 Å². The summed E-state index contributed by atoms with van der Waals surface area (Å²) in [7, 11) is -3.74. The third kappa shape index (κ3) is 4.80. The summed E-state index contributed by atoms with van der Waals surface area (Å²) in [6.45, 7) is 9.21. The number of Topliss-reactive ketones (excluding diaryl/α,β-unsaturated/α-hetero) is 1. The first-order valence-corrected chi connectivity index (χ1v) is 12.7. The van der Waals surface area contributed by atoms with Crippen molar-refractivity contribution in [2.24, 2.45) is 5.41 Å². The molecule has 0 N–H and O–H groups in total. The van der Waals surface area contributed by atoms with Crippen molar-refractivity contribution in [1.29, 1.82) is 0 Å². The van der Waals surface area contributed by atoms with E-state index in [0.29, 0.717) is 43.8 Å². The first-order valence-electron chi connectivity index (χ1n) is 11.1. The van der Waals surface area contributed by atoms with Gasteiger partial charge in [-0.05, 0) is 61.1 Å². The molecule has 1 aliphatic heterocycles. The molecule has 1 heterocycles. The van der Waals surface area contributed by atoms with Crippen LogP contribution in [-0.2, 0) is 36.7 Å². The zero-order chi connectivity index (χ0) is 21.9. The van der Waals surface area contributed by atoms with Crippen LogP contribution < -0.4 is 0 Å². The molecule has 6 heteroatoms. The van der Waals surface area contributed by atoms with Crippen LogP contribution >= 0.6 is 0 Å². The van der Waals surface area contributed by atoms with Crippen LogP contribution in [0.2, 0.25) is 0 Å². The molecular weight excluding hydrogens is 400 g/mol. The van der Waals surface area contributed by atoms with E-state index in [1.807, 2.05) is 6.92 Å². The van der Waals surface area contributed by atoms with Crippen LogP contribution in [0.15, 0.2) is 17.9 Å². The minimum Gasteiger partial charge on any atom is -0.386 e. The summed E-state index contributed by atoms with van der Waals surface area (Å²) >= 11 is 0. The first-order chi connectivity index (χ1) is 14.2. The molecule has 0 unspecified atom stereocenters. The fourth-order valence-corrected chi connectivity index (χ4v) is 5.88. The Morgan fingerprint density at radius 3 is 2.17 bits per heavy atom. The van der Waals surface area contributed by atoms with Gasteiger partial charge in [-0.25, -0.2) is 0 Å². The molecule has 0 bridgehead atoms. The van der Waals surface area contributed by atoms with E-state index >= 15 is 0 Å². The van der Waals surface area contributed by atoms with Gasteiger partial charge < -0.3 is 8.92 Å². The highest BCUT2D eigenvalue weighted by Gasteiger charge is 2.44. The van der Waals surface area contributed by atoms with Gasteiger partial charge in [0.1, 0.15) is 5.76 Å². The van der Waals surface area contributed by atoms with E-state index in [1.165, 1.54) is 0 Å². The van der Waals surface area contributed by atoms with Crippen LogP contribution in [0.5, 0.6) is 0 Å². The number of carbonyl (C=O) groups excluding carboxylic acids is 1. The number of aryl methyl sites for hydroxylation is 3. The number of allylic oxidation sites excluding steroid dienone is 2. The fraction of sp³-hybridized carbons (Fsp3) is 0.625. The van der Waals surface area contributed by atoms with E-state index < -0.39 is 10.1 Å². The highest BCUT2D eigenvalue weighted by atomic mass is 32.2. The molecule has 2 aliphatic rings. The molecule has 1 aromatic carbocycles. The molecule has 1 aliphatic carbocycles. The van der Waals surface area contributed by atoms with Crippen molar-refractivity contribution < 1.29 is 22.1 Å². The van der Waals surface area contributed by atoms with Crippen molar-refractivity contribution in [3.8, 4) is 0 Å². The van der Waals surface area contributed by atoms with Crippen molar-refractivity contribution in [3.63, 3.8) is 0 Å². The van der Waals surface area contributed by atoms with Gasteiger partial charge in [0.05, 0.1) is 11.3 Å². The monoisotopic (exact) mass is 434 g/mol. The maximum absolute atomic E-state index is 13.6. The van der Waals surface area contributed by atoms with Crippen molar-refractivity contribution in [3.05, 3.63) is 40.1 Å². The average molecular weight is 435 g/mol. The van der Waals surface area contributed by atoms with E-state index in [0.717, 1.165) is 47.9 Å². The van der Waals surface area contributed by atoms with Crippen molar-refractivity contribution >= 4 is 21.5 Å². The number of carbonyl (C=O) groups is 1. The Kier molecular flexibility index (Phi) is 7.08. The van der Waals surface area contributed by atoms with Crippen LogP contribution in [0.3, 0.4) is 0 Å². The van der Waals surface area contributed by atoms with Gasteiger partial charge in [-0.15, -0.1) is 0 Å². The van der Waals surface area contributed by atoms with Gasteiger partial charge in [-0.3, -0.25) is 4.79 Å². The van der Waals surface area contributed by atoms with Crippen LogP contribution in [-0.4, -0.2) is 33.2 Å². The smallest absolute Gasteiger partial charge is 0.308 e. The molecule has 3 rings (SSSR count). The summed E-state index contributed by atoms with van der Waals surface area (Å²) in [5.74, 6) is 0.288. The predicted octanol–water partition coefficient (Wildman–Crippen LogP) is 4.75. The summed E-state index contributed by atoms with van der Waals surface area (Å²) in [5, 5.41) is 0. The van der Waals surface area contributed by atoms with Crippen LogP contribution in [0, 0.1) is 12.3 Å². The Morgan fingerprint density at radius 2 is 1.63 bits per heavy atom. The van der Waals surface area contributed by atoms with Gasteiger partial charge in [0.2, 0.25) is 0 Å². The van der Waals surface area contributed by atoms with Crippen molar-refractivity contribution in [2.75, 3.05) is 19.0 Å². The third-order valence-electron chi connectivity index (χ3n) is 6.32. The molecule has 30 heavy (non-hydrogen) atoms. The first kappa shape index (κ1) is 23.0. The summed E-state index contributed by atoms with van der Waals surface area (Å²) in [5.41, 5.74) is 4.41. The van der Waals surface area contributed by atoms with E-state index in [9.17, 15) is 13.2 Å². The molecule has 0 atom stereocenters. The minimum atomic E-state index is -3.74. The third-order valence-corrected chi connectivity index (χ3v) is 7.69. The Balaban J connectivity index is 2.21. The highest BCUT2D eigenvalue weighted by Crippen LogP contribution is 2.48. The second-order valence-electron chi connectivity index (χ2n) is 8.70. The normalized spacial score (nSPS) is 19.4. The lowest BCUT2D eigenvalue weighted by atomic mass is 9.67. The molecule has 0 radical (unpaired) electrons. The quantitative estimate of drug-likeness (QED) is 0.580. The highest BCUT2D eigenvalue weighted by molar-refractivity contribution is 7.86. The number of benzene rings is 1. The number of ketones is 1. The molecule has 0 saturated carbocycles. The van der Waals surface area contributed by atoms with Gasteiger partial charge in [0.25, 0.3) is 0 Å². The zero-order valence-electron chi connectivity index (χ0n) is 18.7. The fourth-order valence-electron chi connectivity index (χ4n) is 4.85. The Bertz CT molecular complexity index is 911. The molecule has 0 aromatic heterocycles. The summed E-state index contributed by atoms with van der Waals surface area (Å²) < 4.78 is 36.5. The number of hydrogen-bond donors (Lipinski definition) is 0. The lowest BCUT2D eigenvalue weighted by Crippen LogP contribution is -2.37. The number of hydrogen-bond acceptors (Lipinski definition) is 5. The van der Waals surface area contributed by atoms with E-state index in [2.05, 4.69) is 32.9 Å². The van der Waals surface area contributed by atoms with E-state index in [4.69, 9.17) is 8.92 Å². The lowest BCUT2D eigenvalue weighted by molar-refractivity contribution is -0.118. The van der Waals surface area contributed by atoms with Crippen molar-refractivity contribution in [2.45, 2.75) is 72.6 Å². The van der Waals surface area contributed by atoms with E-state index in [-0.39, 0.29) is 17.0 Å². The molecule has 1 spiro atoms. The van der Waals surface area contributed by atoms with Gasteiger partial charge in [0.15, 0.2) is 5.78 Å². The van der Waals surface area contributed by atoms with Gasteiger partial charge in [0, 0.05) is 26.1 Å². The summed E-state index contributed by atoms with van der Waals surface area (Å²) in [6, 6.07) is 4.21. The van der Waals surface area contributed by atoms with Gasteiger partial charge in [-0.2, -0.15) is 8.42 Å². The molecular formula is C24H34O5S. The molecule has 166 valence electrons. The van der Waals surface area contributed by atoms with Gasteiger partial charge >= 0.3 is 10.1 Å². The largest absolute Gasteiger partial charge is 0.386 e. The maximum atomic E-state index is 13.6. The van der Waals surface area contributed by atoms with Crippen LogP contribution in [0.25, 0.3) is 5.57 Å². The topological polar surface area (TPSA) is 69.7 Å².